The molecule has 1 aliphatic carbocycles. The molecule has 180 valence electrons. The molecule has 1 fully saturated rings. The predicted octanol–water partition coefficient (Wildman–Crippen LogP) is 2.97. The second-order valence-corrected chi connectivity index (χ2v) is 8.41. The van der Waals surface area contributed by atoms with Gasteiger partial charge in [-0.2, -0.15) is 0 Å². The summed E-state index contributed by atoms with van der Waals surface area (Å²) < 4.78 is 9.67. The Kier molecular flexibility index (Phi) is 6.77. The number of imide groups is 1. The summed E-state index contributed by atoms with van der Waals surface area (Å²) in [4.78, 5) is 62.8. The van der Waals surface area contributed by atoms with E-state index in [2.05, 4.69) is 10.1 Å². The van der Waals surface area contributed by atoms with Gasteiger partial charge >= 0.3 is 11.9 Å². The zero-order chi connectivity index (χ0) is 25.1. The van der Waals surface area contributed by atoms with E-state index in [9.17, 15) is 24.0 Å². The Morgan fingerprint density at radius 2 is 1.57 bits per heavy atom. The number of nitrogens with zero attached hydrogens (tertiary/aromatic N) is 1. The van der Waals surface area contributed by atoms with Crippen molar-refractivity contribution in [1.29, 1.82) is 0 Å². The molecule has 4 rings (SSSR count). The number of anilines is 2. The molecular formula is C26H24N2O7. The molecule has 0 radical (unpaired) electrons. The first-order valence-electron chi connectivity index (χ1n) is 11.1. The first-order chi connectivity index (χ1) is 16.8. The van der Waals surface area contributed by atoms with Gasteiger partial charge in [0, 0.05) is 5.69 Å². The number of methoxy groups -OCH3 is 1. The van der Waals surface area contributed by atoms with E-state index in [4.69, 9.17) is 4.74 Å². The molecule has 35 heavy (non-hydrogen) atoms. The number of nitrogens with one attached hydrogen (secondary N) is 1. The van der Waals surface area contributed by atoms with Gasteiger partial charge in [-0.1, -0.05) is 19.1 Å². The maximum Gasteiger partial charge on any atom is 0.338 e. The van der Waals surface area contributed by atoms with Crippen molar-refractivity contribution in [3.63, 3.8) is 0 Å². The van der Waals surface area contributed by atoms with Gasteiger partial charge in [0.1, 0.15) is 0 Å². The van der Waals surface area contributed by atoms with Gasteiger partial charge < -0.3 is 14.8 Å². The van der Waals surface area contributed by atoms with E-state index in [0.717, 1.165) is 0 Å². The third kappa shape index (κ3) is 4.84. The van der Waals surface area contributed by atoms with Crippen LogP contribution < -0.4 is 10.2 Å². The third-order valence-corrected chi connectivity index (χ3v) is 6.16. The standard InChI is InChI=1S/C26H24N2O7/c1-15-4-3-5-20-22(15)24(31)28(23(20)30)19-12-8-17(9-13-19)26(33)35-14-21(29)27-18-10-6-16(7-11-18)25(32)34-2/h3-4,6-13,15,20,22H,5,14H2,1-2H3,(H,27,29)/t15-,20-,22+/m1/s1. The fraction of sp³-hybridized carbons (Fsp3) is 0.269. The lowest BCUT2D eigenvalue weighted by molar-refractivity contribution is -0.123. The van der Waals surface area contributed by atoms with Crippen molar-refractivity contribution in [3.8, 4) is 0 Å². The maximum atomic E-state index is 12.9. The molecule has 2 aromatic rings. The topological polar surface area (TPSA) is 119 Å². The average molecular weight is 476 g/mol. The van der Waals surface area contributed by atoms with E-state index >= 15 is 0 Å². The smallest absolute Gasteiger partial charge is 0.338 e. The lowest BCUT2D eigenvalue weighted by atomic mass is 9.78. The number of hydrogen-bond donors (Lipinski definition) is 1. The first-order valence-corrected chi connectivity index (χ1v) is 11.1. The van der Waals surface area contributed by atoms with Crippen molar-refractivity contribution < 1.29 is 33.4 Å². The second-order valence-electron chi connectivity index (χ2n) is 8.41. The number of esters is 2. The van der Waals surface area contributed by atoms with Crippen molar-refractivity contribution in [2.24, 2.45) is 17.8 Å². The minimum Gasteiger partial charge on any atom is -0.465 e. The van der Waals surface area contributed by atoms with Gasteiger partial charge in [0.15, 0.2) is 6.61 Å². The molecule has 9 nitrogen and oxygen atoms in total. The molecule has 9 heteroatoms. The number of allylic oxidation sites excluding steroid dienone is 2. The van der Waals surface area contributed by atoms with Crippen molar-refractivity contribution >= 4 is 41.0 Å². The van der Waals surface area contributed by atoms with E-state index in [1.54, 1.807) is 0 Å². The van der Waals surface area contributed by atoms with Crippen LogP contribution in [0.5, 0.6) is 0 Å². The summed E-state index contributed by atoms with van der Waals surface area (Å²) in [7, 11) is 1.27. The fourth-order valence-electron chi connectivity index (χ4n) is 4.37. The van der Waals surface area contributed by atoms with Crippen molar-refractivity contribution in [2.45, 2.75) is 13.3 Å². The predicted molar refractivity (Wildman–Crippen MR) is 126 cm³/mol. The molecule has 0 aromatic heterocycles. The fourth-order valence-corrected chi connectivity index (χ4v) is 4.37. The highest BCUT2D eigenvalue weighted by Crippen LogP contribution is 2.40. The van der Waals surface area contributed by atoms with Gasteiger partial charge in [-0.05, 0) is 60.9 Å². The quantitative estimate of drug-likeness (QED) is 0.387. The molecule has 1 heterocycles. The Hall–Kier alpha value is -4.27. The number of fused-ring (bicyclic) bond motifs is 1. The summed E-state index contributed by atoms with van der Waals surface area (Å²) in [6, 6.07) is 12.0. The van der Waals surface area contributed by atoms with E-state index < -0.39 is 24.5 Å². The summed E-state index contributed by atoms with van der Waals surface area (Å²) >= 11 is 0. The number of carbonyl (C=O) groups excluding carboxylic acids is 5. The van der Waals surface area contributed by atoms with Gasteiger partial charge in [0.05, 0.1) is 35.8 Å². The molecule has 1 N–H and O–H groups in total. The van der Waals surface area contributed by atoms with E-state index in [1.807, 2.05) is 19.1 Å². The average Bonchev–Trinajstić information content (AvgIpc) is 3.13. The summed E-state index contributed by atoms with van der Waals surface area (Å²) in [5.74, 6) is -2.98. The Morgan fingerprint density at radius 3 is 2.20 bits per heavy atom. The molecule has 3 atom stereocenters. The van der Waals surface area contributed by atoms with Crippen LogP contribution in [0.15, 0.2) is 60.7 Å². The monoisotopic (exact) mass is 476 g/mol. The molecule has 0 saturated carbocycles. The van der Waals surface area contributed by atoms with Crippen LogP contribution in [0.25, 0.3) is 0 Å². The number of rotatable bonds is 6. The third-order valence-electron chi connectivity index (χ3n) is 6.16. The number of hydrogen-bond acceptors (Lipinski definition) is 7. The molecule has 1 aliphatic heterocycles. The molecule has 0 unspecified atom stereocenters. The Balaban J connectivity index is 1.33. The lowest BCUT2D eigenvalue weighted by Crippen LogP contribution is -2.31. The molecule has 0 spiro atoms. The van der Waals surface area contributed by atoms with E-state index in [1.165, 1.54) is 60.5 Å². The first kappa shape index (κ1) is 23.9. The summed E-state index contributed by atoms with van der Waals surface area (Å²) in [5.41, 5.74) is 1.33. The van der Waals surface area contributed by atoms with Crippen LogP contribution in [0.4, 0.5) is 11.4 Å². The minimum absolute atomic E-state index is 0.0126. The van der Waals surface area contributed by atoms with Crippen LogP contribution in [-0.2, 0) is 23.9 Å². The van der Waals surface area contributed by atoms with Crippen LogP contribution in [0.3, 0.4) is 0 Å². The van der Waals surface area contributed by atoms with Crippen LogP contribution in [0, 0.1) is 17.8 Å². The zero-order valence-electron chi connectivity index (χ0n) is 19.2. The zero-order valence-corrected chi connectivity index (χ0v) is 19.2. The van der Waals surface area contributed by atoms with Crippen LogP contribution >= 0.6 is 0 Å². The Bertz CT molecular complexity index is 1200. The van der Waals surface area contributed by atoms with E-state index in [-0.39, 0.29) is 35.1 Å². The minimum atomic E-state index is -0.724. The van der Waals surface area contributed by atoms with Crippen molar-refractivity contribution in [2.75, 3.05) is 23.9 Å². The van der Waals surface area contributed by atoms with Gasteiger partial charge in [-0.25, -0.2) is 9.59 Å². The summed E-state index contributed by atoms with van der Waals surface area (Å²) in [6.07, 6.45) is 4.44. The number of benzene rings is 2. The van der Waals surface area contributed by atoms with Crippen molar-refractivity contribution in [3.05, 3.63) is 71.8 Å². The van der Waals surface area contributed by atoms with Crippen LogP contribution in [-0.4, -0.2) is 43.4 Å². The van der Waals surface area contributed by atoms with Crippen molar-refractivity contribution in [1.82, 2.24) is 0 Å². The Morgan fingerprint density at radius 1 is 0.943 bits per heavy atom. The SMILES string of the molecule is COC(=O)c1ccc(NC(=O)COC(=O)c2ccc(N3C(=O)[C@H]4[C@H](C)C=CC[C@H]4C3=O)cc2)cc1. The lowest BCUT2D eigenvalue weighted by Gasteiger charge is -2.22. The Labute approximate surface area is 201 Å². The molecule has 2 aliphatic rings. The highest BCUT2D eigenvalue weighted by atomic mass is 16.5. The van der Waals surface area contributed by atoms with E-state index in [0.29, 0.717) is 23.4 Å². The number of amides is 3. The van der Waals surface area contributed by atoms with Gasteiger partial charge in [-0.3, -0.25) is 19.3 Å². The summed E-state index contributed by atoms with van der Waals surface area (Å²) in [5, 5.41) is 2.56. The number of carbonyl (C=O) groups is 5. The molecular weight excluding hydrogens is 452 g/mol. The van der Waals surface area contributed by atoms with Gasteiger partial charge in [0.25, 0.3) is 5.91 Å². The molecule has 3 amide bonds. The highest BCUT2D eigenvalue weighted by molar-refractivity contribution is 6.22. The van der Waals surface area contributed by atoms with Crippen LogP contribution in [0.2, 0.25) is 0 Å². The largest absolute Gasteiger partial charge is 0.465 e. The van der Waals surface area contributed by atoms with Crippen LogP contribution in [0.1, 0.15) is 34.1 Å². The normalized spacial score (nSPS) is 20.9. The second kappa shape index (κ2) is 9.92. The molecule has 2 aromatic carbocycles. The summed E-state index contributed by atoms with van der Waals surface area (Å²) in [6.45, 7) is 1.41. The molecule has 1 saturated heterocycles. The highest BCUT2D eigenvalue weighted by Gasteiger charge is 2.50. The maximum absolute atomic E-state index is 12.9. The number of ether oxygens (including phenoxy) is 2. The van der Waals surface area contributed by atoms with Gasteiger partial charge in [0.2, 0.25) is 11.8 Å². The molecule has 0 bridgehead atoms. The van der Waals surface area contributed by atoms with Gasteiger partial charge in [-0.15, -0.1) is 0 Å².